The van der Waals surface area contributed by atoms with Crippen molar-refractivity contribution in [1.82, 2.24) is 19.9 Å². The first-order valence-corrected chi connectivity index (χ1v) is 13.3. The first-order chi connectivity index (χ1) is 19.3. The van der Waals surface area contributed by atoms with Gasteiger partial charge >= 0.3 is 6.08 Å². The molecule has 1 fully saturated rings. The van der Waals surface area contributed by atoms with Crippen molar-refractivity contribution >= 4 is 28.1 Å². The van der Waals surface area contributed by atoms with E-state index in [1.165, 1.54) is 0 Å². The van der Waals surface area contributed by atoms with E-state index in [1.54, 1.807) is 6.20 Å². The third-order valence-electron chi connectivity index (χ3n) is 7.23. The van der Waals surface area contributed by atoms with Crippen LogP contribution >= 0.6 is 0 Å². The number of rotatable bonds is 9. The van der Waals surface area contributed by atoms with Gasteiger partial charge in [0.1, 0.15) is 11.4 Å². The van der Waals surface area contributed by atoms with Crippen LogP contribution in [0.15, 0.2) is 65.4 Å². The second kappa shape index (κ2) is 11.9. The van der Waals surface area contributed by atoms with Gasteiger partial charge in [0.2, 0.25) is 0 Å². The van der Waals surface area contributed by atoms with E-state index in [1.807, 2.05) is 48.2 Å². The van der Waals surface area contributed by atoms with Crippen LogP contribution in [-0.4, -0.2) is 59.1 Å². The number of imidazole rings is 1. The topological polar surface area (TPSA) is 106 Å². The number of fused-ring (bicyclic) bond motifs is 1. The van der Waals surface area contributed by atoms with Gasteiger partial charge in [0.05, 0.1) is 16.7 Å². The number of hydrogen-bond acceptors (Lipinski definition) is 6. The van der Waals surface area contributed by atoms with Gasteiger partial charge in [-0.2, -0.15) is 8.78 Å². The lowest BCUT2D eigenvalue weighted by molar-refractivity contribution is 0.250. The van der Waals surface area contributed by atoms with Gasteiger partial charge in [-0.25, -0.2) is 9.37 Å². The van der Waals surface area contributed by atoms with E-state index in [-0.39, 0.29) is 18.5 Å². The largest absolute Gasteiger partial charge is 0.399 e. The fourth-order valence-electron chi connectivity index (χ4n) is 5.10. The van der Waals surface area contributed by atoms with Gasteiger partial charge in [-0.05, 0) is 54.8 Å². The summed E-state index contributed by atoms with van der Waals surface area (Å²) in [6.07, 6.45) is -0.162. The summed E-state index contributed by atoms with van der Waals surface area (Å²) in [5, 5.41) is 3.37. The van der Waals surface area contributed by atoms with Crippen molar-refractivity contribution in [1.29, 1.82) is 0 Å². The van der Waals surface area contributed by atoms with Crippen LogP contribution in [0.1, 0.15) is 17.5 Å². The van der Waals surface area contributed by atoms with E-state index < -0.39 is 11.9 Å². The summed E-state index contributed by atoms with van der Waals surface area (Å²) in [5.41, 5.74) is 12.1. The zero-order valence-corrected chi connectivity index (χ0v) is 22.2. The van der Waals surface area contributed by atoms with E-state index in [2.05, 4.69) is 26.3 Å². The molecule has 1 aliphatic heterocycles. The lowest BCUT2D eigenvalue weighted by atomic mass is 10.1. The molecule has 0 radical (unpaired) electrons. The maximum atomic E-state index is 13.2. The molecule has 1 aliphatic rings. The number of piperazine rings is 1. The van der Waals surface area contributed by atoms with E-state index >= 15 is 0 Å². The number of pyridine rings is 1. The monoisotopic (exact) mass is 551 g/mol. The highest BCUT2D eigenvalue weighted by molar-refractivity contribution is 5.87. The van der Waals surface area contributed by atoms with Crippen molar-refractivity contribution in [3.8, 4) is 11.4 Å². The minimum absolute atomic E-state index is 0.249. The molecular formula is C29H32F3N7O. The average Bonchev–Trinajstić information content (AvgIpc) is 3.36. The second-order valence-electron chi connectivity index (χ2n) is 10.0. The summed E-state index contributed by atoms with van der Waals surface area (Å²) in [4.78, 5) is 28.0. The number of nitrogen functional groups attached to an aromatic ring is 1. The van der Waals surface area contributed by atoms with Gasteiger partial charge in [0.25, 0.3) is 5.56 Å². The highest BCUT2D eigenvalue weighted by atomic mass is 19.3. The molecule has 0 atom stereocenters. The minimum Gasteiger partial charge on any atom is -0.399 e. The SMILES string of the molecule is Cc1cc(N2CCN(CCC(F)=C(F)F)CC2)cc2[nH]c(-c3c(NCCc4cccc(N)c4)cc[nH]c3=O)nc12. The predicted molar refractivity (Wildman–Crippen MR) is 154 cm³/mol. The van der Waals surface area contributed by atoms with Crippen LogP contribution in [0.4, 0.5) is 30.2 Å². The quantitative estimate of drug-likeness (QED) is 0.217. The Bertz CT molecular complexity index is 1580. The summed E-state index contributed by atoms with van der Waals surface area (Å²) in [7, 11) is 0. The van der Waals surface area contributed by atoms with Crippen LogP contribution in [0, 0.1) is 6.92 Å². The van der Waals surface area contributed by atoms with Crippen LogP contribution in [0.5, 0.6) is 0 Å². The summed E-state index contributed by atoms with van der Waals surface area (Å²) >= 11 is 0. The molecule has 210 valence electrons. The molecule has 0 unspecified atom stereocenters. The summed E-state index contributed by atoms with van der Waals surface area (Å²) in [6, 6.07) is 13.6. The summed E-state index contributed by atoms with van der Waals surface area (Å²) in [6.45, 7) is 5.53. The normalized spacial score (nSPS) is 14.1. The van der Waals surface area contributed by atoms with Crippen molar-refractivity contribution < 1.29 is 13.2 Å². The van der Waals surface area contributed by atoms with Crippen molar-refractivity contribution in [2.24, 2.45) is 0 Å². The number of aryl methyl sites for hydroxylation is 1. The first-order valence-electron chi connectivity index (χ1n) is 13.3. The molecule has 5 N–H and O–H groups in total. The molecule has 0 bridgehead atoms. The number of H-pyrrole nitrogens is 2. The Morgan fingerprint density at radius 3 is 2.65 bits per heavy atom. The minimum atomic E-state index is -2.24. The lowest BCUT2D eigenvalue weighted by Crippen LogP contribution is -2.46. The number of hydrogen-bond donors (Lipinski definition) is 4. The number of halogens is 3. The van der Waals surface area contributed by atoms with Crippen LogP contribution in [0.3, 0.4) is 0 Å². The summed E-state index contributed by atoms with van der Waals surface area (Å²) in [5.74, 6) is -0.862. The number of benzene rings is 2. The lowest BCUT2D eigenvalue weighted by Gasteiger charge is -2.36. The van der Waals surface area contributed by atoms with Crippen molar-refractivity contribution in [2.45, 2.75) is 19.8 Å². The molecular weight excluding hydrogens is 519 g/mol. The Morgan fingerprint density at radius 2 is 1.90 bits per heavy atom. The Labute approximate surface area is 229 Å². The molecule has 0 amide bonds. The second-order valence-corrected chi connectivity index (χ2v) is 10.0. The Morgan fingerprint density at radius 1 is 1.10 bits per heavy atom. The van der Waals surface area contributed by atoms with Crippen LogP contribution in [0.25, 0.3) is 22.4 Å². The molecule has 0 spiro atoms. The van der Waals surface area contributed by atoms with Crippen molar-refractivity contribution in [3.63, 3.8) is 0 Å². The number of anilines is 3. The standard InChI is InChI=1S/C29H32F3N7O/c1-18-15-21(39-13-11-38(12-14-39)10-7-22(30)27(31)32)17-24-26(18)37-28(36-24)25-23(6-9-35-29(25)40)34-8-5-19-3-2-4-20(33)16-19/h2-4,6,9,15-17H,5,7-8,10-14,33H2,1H3,(H,36,37)(H2,34,35,40). The van der Waals surface area contributed by atoms with Crippen molar-refractivity contribution in [2.75, 3.05) is 55.2 Å². The van der Waals surface area contributed by atoms with E-state index in [9.17, 15) is 18.0 Å². The molecule has 2 aromatic heterocycles. The average molecular weight is 552 g/mol. The number of aromatic nitrogens is 3. The Kier molecular flexibility index (Phi) is 8.11. The number of nitrogens with one attached hydrogen (secondary N) is 3. The number of aromatic amines is 2. The smallest absolute Gasteiger partial charge is 0.301 e. The molecule has 0 saturated carbocycles. The zero-order chi connectivity index (χ0) is 28.2. The highest BCUT2D eigenvalue weighted by Gasteiger charge is 2.21. The molecule has 8 nitrogen and oxygen atoms in total. The fourth-order valence-corrected chi connectivity index (χ4v) is 5.10. The van der Waals surface area contributed by atoms with E-state index in [0.717, 1.165) is 34.3 Å². The molecule has 4 aromatic rings. The molecule has 3 heterocycles. The molecule has 40 heavy (non-hydrogen) atoms. The highest BCUT2D eigenvalue weighted by Crippen LogP contribution is 2.30. The maximum absolute atomic E-state index is 13.2. The Hall–Kier alpha value is -4.25. The number of nitrogens with two attached hydrogens (primary N) is 1. The maximum Gasteiger partial charge on any atom is 0.301 e. The van der Waals surface area contributed by atoms with Gasteiger partial charge in [-0.15, -0.1) is 0 Å². The van der Waals surface area contributed by atoms with Crippen molar-refractivity contribution in [3.05, 3.63) is 82.0 Å². The third-order valence-corrected chi connectivity index (χ3v) is 7.23. The molecule has 0 aliphatic carbocycles. The summed E-state index contributed by atoms with van der Waals surface area (Å²) < 4.78 is 37.9. The predicted octanol–water partition coefficient (Wildman–Crippen LogP) is 5.05. The van der Waals surface area contributed by atoms with Gasteiger partial charge < -0.3 is 25.9 Å². The molecule has 2 aromatic carbocycles. The molecule has 11 heteroatoms. The van der Waals surface area contributed by atoms with Gasteiger partial charge in [-0.1, -0.05) is 12.1 Å². The Balaban J connectivity index is 1.31. The van der Waals surface area contributed by atoms with Crippen LogP contribution < -0.4 is 21.5 Å². The molecule has 1 saturated heterocycles. The number of nitrogens with zero attached hydrogens (tertiary/aromatic N) is 3. The van der Waals surface area contributed by atoms with Gasteiger partial charge in [0.15, 0.2) is 5.83 Å². The van der Waals surface area contributed by atoms with Gasteiger partial charge in [-0.3, -0.25) is 9.69 Å². The first kappa shape index (κ1) is 27.3. The van der Waals surface area contributed by atoms with E-state index in [0.29, 0.717) is 55.5 Å². The van der Waals surface area contributed by atoms with Crippen LogP contribution in [-0.2, 0) is 6.42 Å². The molecule has 5 rings (SSSR count). The van der Waals surface area contributed by atoms with E-state index in [4.69, 9.17) is 10.7 Å². The zero-order valence-electron chi connectivity index (χ0n) is 22.2. The van der Waals surface area contributed by atoms with Crippen LogP contribution in [0.2, 0.25) is 0 Å². The fraction of sp³-hybridized carbons (Fsp3) is 0.310. The van der Waals surface area contributed by atoms with Gasteiger partial charge in [0, 0.05) is 63.3 Å². The third kappa shape index (κ3) is 6.15.